The number of hydrogen-bond acceptors (Lipinski definition) is 6. The van der Waals surface area contributed by atoms with Crippen LogP contribution < -0.4 is 5.32 Å². The Kier molecular flexibility index (Phi) is 5.33. The van der Waals surface area contributed by atoms with Crippen molar-refractivity contribution in [1.82, 2.24) is 9.29 Å². The van der Waals surface area contributed by atoms with Crippen LogP contribution in [-0.2, 0) is 14.8 Å². The molecule has 1 aromatic rings. The molecule has 0 saturated carbocycles. The van der Waals surface area contributed by atoms with Crippen molar-refractivity contribution >= 4 is 15.8 Å². The van der Waals surface area contributed by atoms with Gasteiger partial charge in [0.25, 0.3) is 0 Å². The number of rotatable bonds is 4. The van der Waals surface area contributed by atoms with E-state index in [9.17, 15) is 8.42 Å². The monoisotopic (exact) mass is 350 g/mol. The number of ether oxygens (including phenoxy) is 1. The lowest BCUT2D eigenvalue weighted by molar-refractivity contribution is 0.0969. The Morgan fingerprint density at radius 1 is 1.21 bits per heavy atom. The lowest BCUT2D eigenvalue weighted by atomic mass is 10.1. The minimum absolute atomic E-state index is 0.174. The van der Waals surface area contributed by atoms with Gasteiger partial charge in [-0.05, 0) is 37.8 Å². The predicted molar refractivity (Wildman–Crippen MR) is 89.9 cm³/mol. The van der Waals surface area contributed by atoms with Crippen LogP contribution >= 0.6 is 0 Å². The summed E-state index contributed by atoms with van der Waals surface area (Å²) < 4.78 is 32.3. The molecule has 3 heterocycles. The first-order chi connectivity index (χ1) is 11.6. The number of pyridine rings is 1. The summed E-state index contributed by atoms with van der Waals surface area (Å²) in [5.74, 6) is 0.666. The van der Waals surface area contributed by atoms with E-state index in [0.717, 1.165) is 12.8 Å². The highest BCUT2D eigenvalue weighted by Gasteiger charge is 2.35. The minimum Gasteiger partial charge on any atom is -0.381 e. The lowest BCUT2D eigenvalue weighted by Gasteiger charge is -2.35. The SMILES string of the molecule is N#Cc1cccc(NC2CCN(S(=O)(=O)C3CCOCC3)CC2)n1. The zero-order valence-corrected chi connectivity index (χ0v) is 14.3. The summed E-state index contributed by atoms with van der Waals surface area (Å²) in [6, 6.07) is 7.47. The van der Waals surface area contributed by atoms with E-state index in [1.54, 1.807) is 16.4 Å². The van der Waals surface area contributed by atoms with Gasteiger partial charge in [-0.3, -0.25) is 0 Å². The molecule has 0 unspecified atom stereocenters. The number of nitrogens with one attached hydrogen (secondary N) is 1. The third-order valence-corrected chi connectivity index (χ3v) is 7.02. The van der Waals surface area contributed by atoms with Gasteiger partial charge in [-0.1, -0.05) is 6.07 Å². The van der Waals surface area contributed by atoms with Gasteiger partial charge in [0.15, 0.2) is 0 Å². The molecule has 130 valence electrons. The molecule has 1 N–H and O–H groups in total. The van der Waals surface area contributed by atoms with Crippen molar-refractivity contribution in [1.29, 1.82) is 5.26 Å². The summed E-state index contributed by atoms with van der Waals surface area (Å²) >= 11 is 0. The summed E-state index contributed by atoms with van der Waals surface area (Å²) in [4.78, 5) is 4.21. The van der Waals surface area contributed by atoms with Crippen LogP contribution in [0.25, 0.3) is 0 Å². The lowest BCUT2D eigenvalue weighted by Crippen LogP contribution is -2.47. The van der Waals surface area contributed by atoms with E-state index in [2.05, 4.69) is 10.3 Å². The summed E-state index contributed by atoms with van der Waals surface area (Å²) in [6.45, 7) is 2.11. The Labute approximate surface area is 142 Å². The maximum atomic E-state index is 12.7. The number of sulfonamides is 1. The molecule has 0 aromatic carbocycles. The zero-order chi connectivity index (χ0) is 17.0. The fourth-order valence-electron chi connectivity index (χ4n) is 3.23. The first-order valence-electron chi connectivity index (χ1n) is 8.30. The van der Waals surface area contributed by atoms with E-state index in [1.165, 1.54) is 0 Å². The molecule has 7 nitrogen and oxygen atoms in total. The highest BCUT2D eigenvalue weighted by Crippen LogP contribution is 2.24. The smallest absolute Gasteiger partial charge is 0.217 e. The Morgan fingerprint density at radius 2 is 1.92 bits per heavy atom. The molecule has 1 aromatic heterocycles. The van der Waals surface area contributed by atoms with Gasteiger partial charge in [0.2, 0.25) is 10.0 Å². The number of anilines is 1. The molecule has 2 saturated heterocycles. The third kappa shape index (κ3) is 3.86. The van der Waals surface area contributed by atoms with Crippen molar-refractivity contribution in [3.63, 3.8) is 0 Å². The number of nitrogens with zero attached hydrogens (tertiary/aromatic N) is 3. The molecule has 0 atom stereocenters. The van der Waals surface area contributed by atoms with Gasteiger partial charge in [0.05, 0.1) is 5.25 Å². The molecule has 2 aliphatic rings. The molecule has 2 fully saturated rings. The van der Waals surface area contributed by atoms with Gasteiger partial charge < -0.3 is 10.1 Å². The third-order valence-electron chi connectivity index (χ3n) is 4.62. The van der Waals surface area contributed by atoms with Crippen LogP contribution in [0, 0.1) is 11.3 Å². The number of nitriles is 1. The maximum absolute atomic E-state index is 12.7. The minimum atomic E-state index is -3.23. The van der Waals surface area contributed by atoms with Gasteiger partial charge in [-0.25, -0.2) is 17.7 Å². The fraction of sp³-hybridized carbons (Fsp3) is 0.625. The standard InChI is InChI=1S/C16H22N4O3S/c17-12-14-2-1-3-16(19-14)18-13-4-8-20(9-5-13)24(21,22)15-6-10-23-11-7-15/h1-3,13,15H,4-11H2,(H,18,19). The normalized spacial score (nSPS) is 21.3. The van der Waals surface area contributed by atoms with Gasteiger partial charge in [0, 0.05) is 32.3 Å². The molecule has 24 heavy (non-hydrogen) atoms. The Balaban J connectivity index is 1.56. The molecular weight excluding hydrogens is 328 g/mol. The molecule has 0 amide bonds. The average Bonchev–Trinajstić information content (AvgIpc) is 2.63. The Morgan fingerprint density at radius 3 is 2.58 bits per heavy atom. The quantitative estimate of drug-likeness (QED) is 0.880. The molecule has 0 bridgehead atoms. The van der Waals surface area contributed by atoms with Crippen molar-refractivity contribution in [2.24, 2.45) is 0 Å². The Hall–Kier alpha value is -1.69. The molecule has 0 aliphatic carbocycles. The highest BCUT2D eigenvalue weighted by molar-refractivity contribution is 7.89. The first-order valence-corrected chi connectivity index (χ1v) is 9.80. The molecule has 8 heteroatoms. The highest BCUT2D eigenvalue weighted by atomic mass is 32.2. The van der Waals surface area contributed by atoms with Gasteiger partial charge in [0.1, 0.15) is 17.6 Å². The average molecular weight is 350 g/mol. The second-order valence-electron chi connectivity index (χ2n) is 6.19. The summed E-state index contributed by atoms with van der Waals surface area (Å²) in [5, 5.41) is 11.9. The van der Waals surface area contributed by atoms with Gasteiger partial charge in [-0.15, -0.1) is 0 Å². The van der Waals surface area contributed by atoms with E-state index in [1.807, 2.05) is 12.1 Å². The largest absolute Gasteiger partial charge is 0.381 e. The predicted octanol–water partition coefficient (Wildman–Crippen LogP) is 1.34. The number of hydrogen-bond donors (Lipinski definition) is 1. The van der Waals surface area contributed by atoms with Crippen molar-refractivity contribution in [2.75, 3.05) is 31.6 Å². The molecule has 2 aliphatic heterocycles. The van der Waals surface area contributed by atoms with Crippen LogP contribution in [0.1, 0.15) is 31.4 Å². The Bertz CT molecular complexity index is 702. The maximum Gasteiger partial charge on any atom is 0.217 e. The summed E-state index contributed by atoms with van der Waals surface area (Å²) in [6.07, 6.45) is 2.65. The van der Waals surface area contributed by atoms with E-state index in [4.69, 9.17) is 10.00 Å². The van der Waals surface area contributed by atoms with Crippen LogP contribution in [0.15, 0.2) is 18.2 Å². The molecule has 0 spiro atoms. The first kappa shape index (κ1) is 17.1. The van der Waals surface area contributed by atoms with Crippen LogP contribution in [0.2, 0.25) is 0 Å². The van der Waals surface area contributed by atoms with Crippen LogP contribution in [-0.4, -0.2) is 55.3 Å². The van der Waals surface area contributed by atoms with Gasteiger partial charge in [-0.2, -0.15) is 5.26 Å². The second-order valence-corrected chi connectivity index (χ2v) is 8.41. The number of piperidine rings is 1. The van der Waals surface area contributed by atoms with Crippen LogP contribution in [0.3, 0.4) is 0 Å². The fourth-order valence-corrected chi connectivity index (χ4v) is 5.16. The van der Waals surface area contributed by atoms with Crippen molar-refractivity contribution in [3.8, 4) is 6.07 Å². The van der Waals surface area contributed by atoms with Crippen molar-refractivity contribution in [3.05, 3.63) is 23.9 Å². The van der Waals surface area contributed by atoms with Crippen molar-refractivity contribution < 1.29 is 13.2 Å². The van der Waals surface area contributed by atoms with Crippen molar-refractivity contribution in [2.45, 2.75) is 37.0 Å². The summed E-state index contributed by atoms with van der Waals surface area (Å²) in [7, 11) is -3.23. The van der Waals surface area contributed by atoms with Crippen LogP contribution in [0.4, 0.5) is 5.82 Å². The summed E-state index contributed by atoms with van der Waals surface area (Å²) in [5.41, 5.74) is 0.375. The van der Waals surface area contributed by atoms with E-state index >= 15 is 0 Å². The molecular formula is C16H22N4O3S. The van der Waals surface area contributed by atoms with Crippen LogP contribution in [0.5, 0.6) is 0 Å². The number of aromatic nitrogens is 1. The molecule has 3 rings (SSSR count). The topological polar surface area (TPSA) is 95.3 Å². The van der Waals surface area contributed by atoms with E-state index in [-0.39, 0.29) is 11.3 Å². The zero-order valence-electron chi connectivity index (χ0n) is 13.5. The van der Waals surface area contributed by atoms with E-state index < -0.39 is 10.0 Å². The molecule has 0 radical (unpaired) electrons. The second kappa shape index (κ2) is 7.47. The van der Waals surface area contributed by atoms with Gasteiger partial charge >= 0.3 is 0 Å². The van der Waals surface area contributed by atoms with E-state index in [0.29, 0.717) is 50.7 Å².